The number of ketones is 1. The van der Waals surface area contributed by atoms with Gasteiger partial charge in [-0.2, -0.15) is 13.8 Å². The van der Waals surface area contributed by atoms with Crippen molar-refractivity contribution in [1.29, 1.82) is 0 Å². The Morgan fingerprint density at radius 1 is 0.476 bits per heavy atom. The van der Waals surface area contributed by atoms with Gasteiger partial charge < -0.3 is 40.8 Å². The number of hydrogen-bond acceptors (Lipinski definition) is 4. The molecule has 6 atom stereocenters. The average Bonchev–Trinajstić information content (AvgIpc) is 0.948. The molecule has 0 amide bonds. The first kappa shape index (κ1) is 99.2. The van der Waals surface area contributed by atoms with Crippen LogP contribution in [0.15, 0.2) is 176 Å². The second-order valence-corrected chi connectivity index (χ2v) is 32.7. The molecule has 2 aliphatic heterocycles. The summed E-state index contributed by atoms with van der Waals surface area (Å²) in [5, 5.41) is 15.9. The summed E-state index contributed by atoms with van der Waals surface area (Å²) in [5.41, 5.74) is 15.4. The number of benzene rings is 8. The number of carbonyl (C=O) groups excluding carboxylic acids is 1. The van der Waals surface area contributed by atoms with Crippen LogP contribution in [0.2, 0.25) is 40.2 Å². The Balaban J connectivity index is 0.00000127. The minimum Gasteiger partial charge on any atom is -1.00 e. The Morgan fingerprint density at radius 2 is 0.829 bits per heavy atom. The summed E-state index contributed by atoms with van der Waals surface area (Å²) in [6, 6.07) is 57.2. The Morgan fingerprint density at radius 3 is 1.22 bits per heavy atom. The van der Waals surface area contributed by atoms with Crippen LogP contribution in [0, 0.1) is 24.2 Å². The van der Waals surface area contributed by atoms with Gasteiger partial charge in [0.25, 0.3) is 0 Å². The second-order valence-electron chi connectivity index (χ2n) is 27.6. The van der Waals surface area contributed by atoms with E-state index in [4.69, 9.17) is 102 Å². The Bertz CT molecular complexity index is 3920. The largest absolute Gasteiger partial charge is 2.00 e. The van der Waals surface area contributed by atoms with Gasteiger partial charge in [0.05, 0.1) is 45.8 Å². The number of fused-ring (bicyclic) bond motifs is 4. The van der Waals surface area contributed by atoms with E-state index in [0.717, 1.165) is 79.9 Å². The van der Waals surface area contributed by atoms with Crippen LogP contribution in [0.25, 0.3) is 5.57 Å². The fourth-order valence-corrected chi connectivity index (χ4v) is 15.2. The van der Waals surface area contributed by atoms with Crippen molar-refractivity contribution in [2.45, 2.75) is 187 Å². The molecule has 14 rings (SSSR count). The molecule has 0 radical (unpaired) electrons. The number of aliphatic hydroxyl groups is 1. The fourth-order valence-electron chi connectivity index (χ4n) is 14.0. The molecule has 0 spiro atoms. The quantitative estimate of drug-likeness (QED) is 0.0981. The average molecular weight is 1760 g/mol. The fraction of sp³-hybridized carbons (Fsp3) is 0.409. The van der Waals surface area contributed by atoms with Gasteiger partial charge in [0, 0.05) is 66.9 Å². The Labute approximate surface area is 730 Å². The van der Waals surface area contributed by atoms with Crippen molar-refractivity contribution in [1.82, 2.24) is 0 Å². The molecule has 105 heavy (non-hydrogen) atoms. The Kier molecular flexibility index (Phi) is 47.5. The van der Waals surface area contributed by atoms with E-state index in [0.29, 0.717) is 81.0 Å². The van der Waals surface area contributed by atoms with E-state index in [-0.39, 0.29) is 109 Å². The zero-order chi connectivity index (χ0) is 72.6. The number of rotatable bonds is 7. The normalized spacial score (nSPS) is 19.0. The molecule has 0 bridgehead atoms. The molecule has 0 saturated carbocycles. The number of ether oxygens (including phenoxy) is 2. The van der Waals surface area contributed by atoms with Gasteiger partial charge >= 0.3 is 46.1 Å². The summed E-state index contributed by atoms with van der Waals surface area (Å²) in [5.74, 6) is 3.58. The van der Waals surface area contributed by atoms with E-state index < -0.39 is 5.60 Å². The molecule has 4 aliphatic carbocycles. The standard InChI is InChI=1S/C19H20Cl2O.C19H20Cl2.C19H18Cl2.C16H12Cl2O.2C4H8O.C3H7Br.C3H7.CH4.BrH.ClH.2Mg.2H/c1-12(2)19(22)10-9-14(15-5-3-4-6-16(15)19)13-7-8-17(20)18(21)11-13;2*1-12(2)14-8-9-15(17-6-4-3-5-16(14)17)13-7-10-18(20)19(21)11-13;17-14-7-5-10(9-15(14)18)11-6-8-16(19)13-4-2-1-3-12(11)13;2*1-2-4-5-3-1;1-3(2)4;1-3-2;;;;;;;/h3-8,11-12,14,22H,9-10H2,1-2H3;3-7,10-12,14-15H,8-9H2,1-2H3;3-8,10-12,15H,9H2,1-2H3;1-5,7,9,11H,6,8H2;2*1-4H2;3H,1-2H3;3H,1-2H3;1H4;2*1H;;;;/q;;;;;;;-1;;;;2*+2;2*-1/p-1. The van der Waals surface area contributed by atoms with Crippen LogP contribution in [0.4, 0.5) is 0 Å². The number of allylic oxidation sites excluding steroid dienone is 2. The molecule has 6 aliphatic rings. The molecule has 2 saturated heterocycles. The summed E-state index contributed by atoms with van der Waals surface area (Å²) >= 11 is 52.0. The van der Waals surface area contributed by atoms with E-state index in [1.165, 1.54) is 83.0 Å². The van der Waals surface area contributed by atoms with Crippen LogP contribution < -0.4 is 17.0 Å². The monoisotopic (exact) mass is 1750 g/mol. The predicted molar refractivity (Wildman–Crippen MR) is 462 cm³/mol. The third-order valence-electron chi connectivity index (χ3n) is 19.1. The molecule has 6 unspecified atom stereocenters. The zero-order valence-electron chi connectivity index (χ0n) is 63.9. The summed E-state index contributed by atoms with van der Waals surface area (Å²) in [6.07, 6.45) is 16.0. The van der Waals surface area contributed by atoms with Gasteiger partial charge in [0.2, 0.25) is 0 Å². The van der Waals surface area contributed by atoms with Gasteiger partial charge in [-0.15, -0.1) is 12.4 Å². The first-order chi connectivity index (χ1) is 47.9. The van der Waals surface area contributed by atoms with Gasteiger partial charge in [-0.25, -0.2) is 0 Å². The van der Waals surface area contributed by atoms with Crippen molar-refractivity contribution in [3.05, 3.63) is 289 Å². The SMILES string of the molecule is C.C1CCOC1.C1CCOC1.CC(C)Br.CC(C)C1(O)CCC(c2ccc(Cl)c(Cl)c2)c2ccccc21.CC(C)C1=CCC(c2ccc(Cl)c(Cl)c2)c2ccccc21.CC(C)C1CCC(c2ccc(Cl)c(Cl)c2)c2ccccc21.C[CH-]C.Cl.O=C1CCC(c2ccc(Cl)c(Cl)c2)c2ccccc21.[Br-].[H-].[H-].[Mg+2].[Mg+2]. The predicted octanol–water partition coefficient (Wildman–Crippen LogP) is 26.2. The minimum absolute atomic E-state index is 0. The van der Waals surface area contributed by atoms with Gasteiger partial charge in [0.15, 0.2) is 5.78 Å². The second kappa shape index (κ2) is 50.3. The van der Waals surface area contributed by atoms with Crippen molar-refractivity contribution in [3.63, 3.8) is 0 Å². The number of Topliss-reactive ketones (excluding diaryl/α,β-unsaturated/α-hetero) is 1. The van der Waals surface area contributed by atoms with E-state index >= 15 is 0 Å². The number of hydrogen-bond donors (Lipinski definition) is 1. The third kappa shape index (κ3) is 28.6. The molecule has 0 aromatic heterocycles. The molecule has 8 aromatic carbocycles. The molecule has 4 nitrogen and oxygen atoms in total. The Hall–Kier alpha value is -1.85. The van der Waals surface area contributed by atoms with Crippen molar-refractivity contribution in [2.24, 2.45) is 17.8 Å². The molecule has 2 heterocycles. The smallest absolute Gasteiger partial charge is 1.00 e. The molecule has 564 valence electrons. The molecule has 2 fully saturated rings. The summed E-state index contributed by atoms with van der Waals surface area (Å²) in [6.45, 7) is 25.5. The van der Waals surface area contributed by atoms with Crippen molar-refractivity contribution < 1.29 is 39.2 Å². The maximum atomic E-state index is 11.9. The van der Waals surface area contributed by atoms with E-state index in [1.807, 2.05) is 117 Å². The van der Waals surface area contributed by atoms with Gasteiger partial charge in [-0.05, 0) is 203 Å². The number of carbonyl (C=O) groups is 1. The van der Waals surface area contributed by atoms with Crippen LogP contribution in [0.3, 0.4) is 0 Å². The zero-order valence-corrected chi connectivity index (χ0v) is 74.8. The molecule has 8 aromatic rings. The number of halogens is 11. The number of alkyl halides is 1. The van der Waals surface area contributed by atoms with Gasteiger partial charge in [-0.3, -0.25) is 4.79 Å². The van der Waals surface area contributed by atoms with E-state index in [1.54, 1.807) is 0 Å². The third-order valence-corrected chi connectivity index (χ3v) is 22.0. The first-order valence-corrected chi connectivity index (χ1v) is 39.5. The van der Waals surface area contributed by atoms with Crippen molar-refractivity contribution in [3.8, 4) is 0 Å². The molecule has 1 N–H and O–H groups in total. The molecule has 17 heteroatoms. The van der Waals surface area contributed by atoms with Gasteiger partial charge in [-0.1, -0.05) is 299 Å². The van der Waals surface area contributed by atoms with Crippen LogP contribution in [-0.4, -0.2) is 88.3 Å². The van der Waals surface area contributed by atoms with Crippen LogP contribution >= 0.6 is 121 Å². The van der Waals surface area contributed by atoms with Crippen LogP contribution in [0.1, 0.15) is 251 Å². The maximum absolute atomic E-state index is 11.9. The van der Waals surface area contributed by atoms with Crippen LogP contribution in [-0.2, 0) is 15.1 Å². The summed E-state index contributed by atoms with van der Waals surface area (Å²) in [4.78, 5) is 12.6. The summed E-state index contributed by atoms with van der Waals surface area (Å²) in [7, 11) is 0. The molecular formula is C88H107Br2Cl9Mg2O4. The maximum Gasteiger partial charge on any atom is 2.00 e. The topological polar surface area (TPSA) is 55.8 Å². The molecular weight excluding hydrogens is 1650 g/mol. The van der Waals surface area contributed by atoms with Crippen LogP contribution in [0.5, 0.6) is 0 Å². The van der Waals surface area contributed by atoms with Gasteiger partial charge in [0.1, 0.15) is 0 Å². The summed E-state index contributed by atoms with van der Waals surface area (Å²) < 4.78 is 9.89. The minimum atomic E-state index is -0.747. The van der Waals surface area contributed by atoms with E-state index in [2.05, 4.69) is 150 Å². The van der Waals surface area contributed by atoms with Crippen molar-refractivity contribution >= 4 is 179 Å². The van der Waals surface area contributed by atoms with Crippen molar-refractivity contribution in [2.75, 3.05) is 26.4 Å². The first-order valence-electron chi connectivity index (χ1n) is 35.6. The van der Waals surface area contributed by atoms with E-state index in [9.17, 15) is 9.90 Å².